The monoisotopic (exact) mass is 431 g/mol. The van der Waals surface area contributed by atoms with E-state index < -0.39 is 5.82 Å². The predicted molar refractivity (Wildman–Crippen MR) is 116 cm³/mol. The van der Waals surface area contributed by atoms with E-state index in [0.717, 1.165) is 29.7 Å². The van der Waals surface area contributed by atoms with Crippen LogP contribution in [0.3, 0.4) is 0 Å². The zero-order chi connectivity index (χ0) is 21.1. The van der Waals surface area contributed by atoms with Gasteiger partial charge in [-0.05, 0) is 42.9 Å². The molecule has 0 spiro atoms. The normalized spacial score (nSPS) is 19.2. The van der Waals surface area contributed by atoms with E-state index in [4.69, 9.17) is 4.74 Å². The molecule has 0 unspecified atom stereocenters. The molecule has 0 saturated carbocycles. The number of halogens is 1. The van der Waals surface area contributed by atoms with Crippen LogP contribution in [0.25, 0.3) is 0 Å². The summed E-state index contributed by atoms with van der Waals surface area (Å²) in [5.74, 6) is -0.477. The molecular weight excluding hydrogens is 405 g/mol. The van der Waals surface area contributed by atoms with Crippen molar-refractivity contribution in [2.45, 2.75) is 26.2 Å². The molecule has 1 saturated heterocycles. The zero-order valence-electron chi connectivity index (χ0n) is 17.0. The van der Waals surface area contributed by atoms with Crippen LogP contribution in [0.15, 0.2) is 24.3 Å². The molecule has 1 aliphatic heterocycles. The topological polar surface area (TPSA) is 70.7 Å². The largest absolute Gasteiger partial charge is 0.379 e. The van der Waals surface area contributed by atoms with E-state index in [-0.39, 0.29) is 24.0 Å². The molecule has 8 heteroatoms. The van der Waals surface area contributed by atoms with Crippen LogP contribution in [0.1, 0.15) is 34.1 Å². The number of ether oxygens (including phenoxy) is 1. The van der Waals surface area contributed by atoms with Gasteiger partial charge >= 0.3 is 0 Å². The van der Waals surface area contributed by atoms with Gasteiger partial charge in [0.15, 0.2) is 0 Å². The first-order chi connectivity index (χ1) is 14.5. The molecule has 1 aromatic carbocycles. The lowest BCUT2D eigenvalue weighted by molar-refractivity contribution is -0.118. The number of fused-ring (bicyclic) bond motifs is 1. The maximum atomic E-state index is 14.1. The summed E-state index contributed by atoms with van der Waals surface area (Å²) in [6, 6.07) is 6.10. The van der Waals surface area contributed by atoms with Crippen molar-refractivity contribution >= 4 is 33.8 Å². The average Bonchev–Trinajstić information content (AvgIpc) is 3.07. The quantitative estimate of drug-likeness (QED) is 0.760. The lowest BCUT2D eigenvalue weighted by Gasteiger charge is -2.25. The highest BCUT2D eigenvalue weighted by Crippen LogP contribution is 2.40. The summed E-state index contributed by atoms with van der Waals surface area (Å²) in [5.41, 5.74) is 1.59. The van der Waals surface area contributed by atoms with Crippen LogP contribution in [-0.2, 0) is 22.4 Å². The van der Waals surface area contributed by atoms with Crippen LogP contribution < -0.4 is 10.6 Å². The highest BCUT2D eigenvalue weighted by molar-refractivity contribution is 7.17. The van der Waals surface area contributed by atoms with Gasteiger partial charge in [0.05, 0.1) is 31.0 Å². The third kappa shape index (κ3) is 4.71. The van der Waals surface area contributed by atoms with Crippen molar-refractivity contribution in [2.75, 3.05) is 43.5 Å². The van der Waals surface area contributed by atoms with Gasteiger partial charge < -0.3 is 15.4 Å². The van der Waals surface area contributed by atoms with Crippen molar-refractivity contribution in [2.24, 2.45) is 5.92 Å². The lowest BCUT2D eigenvalue weighted by atomic mass is 9.88. The molecule has 1 atom stereocenters. The van der Waals surface area contributed by atoms with Gasteiger partial charge in [-0.25, -0.2) is 4.39 Å². The number of hydrogen-bond acceptors (Lipinski definition) is 5. The van der Waals surface area contributed by atoms with E-state index in [1.807, 2.05) is 4.90 Å². The number of carbonyl (C=O) groups is 2. The van der Waals surface area contributed by atoms with Crippen LogP contribution in [0.5, 0.6) is 0 Å². The number of para-hydroxylation sites is 1. The van der Waals surface area contributed by atoms with Gasteiger partial charge in [-0.2, -0.15) is 0 Å². The number of nitrogens with one attached hydrogen (secondary N) is 2. The molecule has 0 radical (unpaired) electrons. The third-order valence-electron chi connectivity index (χ3n) is 5.58. The lowest BCUT2D eigenvalue weighted by Crippen LogP contribution is -2.41. The van der Waals surface area contributed by atoms with Crippen LogP contribution >= 0.6 is 11.3 Å². The van der Waals surface area contributed by atoms with Gasteiger partial charge in [0.25, 0.3) is 5.91 Å². The molecule has 2 aromatic rings. The molecule has 0 bridgehead atoms. The molecule has 4 rings (SSSR count). The van der Waals surface area contributed by atoms with E-state index in [1.54, 1.807) is 12.1 Å². The van der Waals surface area contributed by atoms with Gasteiger partial charge in [-0.3, -0.25) is 14.5 Å². The van der Waals surface area contributed by atoms with Crippen LogP contribution in [0, 0.1) is 11.7 Å². The molecule has 1 fully saturated rings. The Bertz CT molecular complexity index is 940. The van der Waals surface area contributed by atoms with Gasteiger partial charge in [0.1, 0.15) is 10.8 Å². The average molecular weight is 432 g/mol. The zero-order valence-corrected chi connectivity index (χ0v) is 17.8. The number of carbonyl (C=O) groups excluding carboxylic acids is 2. The second-order valence-electron chi connectivity index (χ2n) is 7.93. The van der Waals surface area contributed by atoms with Gasteiger partial charge in [-0.1, -0.05) is 19.1 Å². The summed E-state index contributed by atoms with van der Waals surface area (Å²) in [6.07, 6.45) is 2.66. The van der Waals surface area contributed by atoms with E-state index in [2.05, 4.69) is 17.6 Å². The fraction of sp³-hybridized carbons (Fsp3) is 0.455. The van der Waals surface area contributed by atoms with E-state index >= 15 is 0 Å². The second-order valence-corrected chi connectivity index (χ2v) is 9.03. The number of benzene rings is 1. The van der Waals surface area contributed by atoms with E-state index in [9.17, 15) is 14.0 Å². The van der Waals surface area contributed by atoms with E-state index in [0.29, 0.717) is 42.8 Å². The van der Waals surface area contributed by atoms with Gasteiger partial charge in [0, 0.05) is 18.0 Å². The molecule has 1 aliphatic carbocycles. The van der Waals surface area contributed by atoms with Crippen molar-refractivity contribution in [3.05, 3.63) is 46.1 Å². The van der Waals surface area contributed by atoms with Crippen molar-refractivity contribution in [1.82, 2.24) is 4.90 Å². The minimum Gasteiger partial charge on any atom is -0.379 e. The fourth-order valence-corrected chi connectivity index (χ4v) is 5.38. The van der Waals surface area contributed by atoms with E-state index in [1.165, 1.54) is 23.5 Å². The Morgan fingerprint density at radius 1 is 1.23 bits per heavy atom. The number of amides is 2. The highest BCUT2D eigenvalue weighted by atomic mass is 32.1. The summed E-state index contributed by atoms with van der Waals surface area (Å²) < 4.78 is 19.4. The first-order valence-corrected chi connectivity index (χ1v) is 11.1. The molecule has 160 valence electrons. The van der Waals surface area contributed by atoms with Crippen molar-refractivity contribution in [3.63, 3.8) is 0 Å². The minimum absolute atomic E-state index is 0.136. The Kier molecular flexibility index (Phi) is 6.46. The number of morpholine rings is 1. The molecule has 30 heavy (non-hydrogen) atoms. The molecule has 1 aromatic heterocycles. The molecule has 2 N–H and O–H groups in total. The van der Waals surface area contributed by atoms with Crippen LogP contribution in [-0.4, -0.2) is 49.6 Å². The summed E-state index contributed by atoms with van der Waals surface area (Å²) in [4.78, 5) is 29.0. The van der Waals surface area contributed by atoms with Crippen molar-refractivity contribution in [3.8, 4) is 0 Å². The Morgan fingerprint density at radius 2 is 2.00 bits per heavy atom. The second kappa shape index (κ2) is 9.24. The smallest absolute Gasteiger partial charge is 0.259 e. The Morgan fingerprint density at radius 3 is 2.77 bits per heavy atom. The molecule has 6 nitrogen and oxygen atoms in total. The summed E-state index contributed by atoms with van der Waals surface area (Å²) in [5, 5.41) is 6.19. The van der Waals surface area contributed by atoms with Crippen molar-refractivity contribution in [1.29, 1.82) is 0 Å². The standard InChI is InChI=1S/C22H26FN3O3S/c1-14-6-7-15-18(12-14)30-22(25-19(27)13-26-8-10-29-11-9-26)20(15)21(28)24-17-5-3-2-4-16(17)23/h2-5,14H,6-13H2,1H3,(H,24,28)(H,25,27)/t14-/m0/s1. The maximum Gasteiger partial charge on any atom is 0.259 e. The Balaban J connectivity index is 1.57. The SMILES string of the molecule is C[C@H]1CCc2c(sc(NC(=O)CN3CCOCC3)c2C(=O)Nc2ccccc2F)C1. The predicted octanol–water partition coefficient (Wildman–Crippen LogP) is 3.54. The molecule has 2 amide bonds. The Labute approximate surface area is 179 Å². The molecule has 2 heterocycles. The maximum absolute atomic E-state index is 14.1. The van der Waals surface area contributed by atoms with Crippen LogP contribution in [0.4, 0.5) is 15.1 Å². The summed E-state index contributed by atoms with van der Waals surface area (Å²) in [7, 11) is 0. The Hall–Kier alpha value is -2.29. The number of rotatable bonds is 5. The van der Waals surface area contributed by atoms with Crippen LogP contribution in [0.2, 0.25) is 0 Å². The molecule has 2 aliphatic rings. The highest BCUT2D eigenvalue weighted by Gasteiger charge is 2.29. The van der Waals surface area contributed by atoms with Crippen molar-refractivity contribution < 1.29 is 18.7 Å². The number of hydrogen-bond donors (Lipinski definition) is 2. The minimum atomic E-state index is -0.485. The van der Waals surface area contributed by atoms with Gasteiger partial charge in [0.2, 0.25) is 5.91 Å². The summed E-state index contributed by atoms with van der Waals surface area (Å²) in [6.45, 7) is 5.12. The number of anilines is 2. The number of nitrogens with zero attached hydrogens (tertiary/aromatic N) is 1. The fourth-order valence-electron chi connectivity index (χ4n) is 3.95. The first-order valence-electron chi connectivity index (χ1n) is 10.3. The summed E-state index contributed by atoms with van der Waals surface area (Å²) >= 11 is 1.47. The molecular formula is C22H26FN3O3S. The first kappa shape index (κ1) is 21.0. The third-order valence-corrected chi connectivity index (χ3v) is 6.75. The van der Waals surface area contributed by atoms with Gasteiger partial charge in [-0.15, -0.1) is 11.3 Å². The number of thiophene rings is 1.